The molecule has 0 bridgehead atoms. The predicted molar refractivity (Wildman–Crippen MR) is 135 cm³/mol. The topological polar surface area (TPSA) is 150 Å². The molecule has 0 radical (unpaired) electrons. The number of nitrogens with zero attached hydrogens (tertiary/aromatic N) is 2. The average Bonchev–Trinajstić information content (AvgIpc) is 3.32. The molecule has 1 aliphatic heterocycles. The van der Waals surface area contributed by atoms with Crippen LogP contribution < -0.4 is 10.2 Å². The Morgan fingerprint density at radius 2 is 1.89 bits per heavy atom. The smallest absolute Gasteiger partial charge is 0.308 e. The summed E-state index contributed by atoms with van der Waals surface area (Å²) in [6.07, 6.45) is 1.24. The number of aromatic nitrogens is 1. The Bertz CT molecular complexity index is 1710. The van der Waals surface area contributed by atoms with Gasteiger partial charge in [-0.3, -0.25) is 14.1 Å². The van der Waals surface area contributed by atoms with Gasteiger partial charge < -0.3 is 19.8 Å². The zero-order chi connectivity index (χ0) is 25.9. The van der Waals surface area contributed by atoms with Gasteiger partial charge in [-0.15, -0.1) is 0 Å². The monoisotopic (exact) mass is 519 g/mol. The summed E-state index contributed by atoms with van der Waals surface area (Å²) in [6.45, 7) is 0.872. The molecular weight excluding hydrogens is 498 g/mol. The number of rotatable bonds is 5. The molecule has 4 aromatic rings. The molecule has 6 rings (SSSR count). The number of carboxylic acids is 1. The molecule has 0 amide bonds. The number of carbonyl (C=O) groups is 2. The Labute approximate surface area is 211 Å². The summed E-state index contributed by atoms with van der Waals surface area (Å²) in [6, 6.07) is 14.4. The van der Waals surface area contributed by atoms with E-state index >= 15 is 0 Å². The molecule has 188 valence electrons. The Hall–Kier alpha value is -4.22. The molecule has 0 saturated carbocycles. The molecule has 3 N–H and O–H groups in total. The lowest BCUT2D eigenvalue weighted by atomic mass is 9.86. The van der Waals surface area contributed by atoms with Gasteiger partial charge in [0.1, 0.15) is 5.52 Å². The SMILES string of the molecule is O=C1c2ccccc2-c2onc3c(N4CCC[C@H](C(=O)O)C4)cc(Nc4cccc(S(=O)(=O)O)c4)c1c23. The summed E-state index contributed by atoms with van der Waals surface area (Å²) >= 11 is 0. The fraction of sp³-hybridized carbons (Fsp3) is 0.192. The van der Waals surface area contributed by atoms with Gasteiger partial charge in [-0.05, 0) is 37.1 Å². The second kappa shape index (κ2) is 8.43. The molecule has 0 unspecified atom stereocenters. The second-order valence-electron chi connectivity index (χ2n) is 9.18. The van der Waals surface area contributed by atoms with Crippen LogP contribution in [0.15, 0.2) is 64.0 Å². The third-order valence-corrected chi connectivity index (χ3v) is 7.75. The van der Waals surface area contributed by atoms with Gasteiger partial charge in [-0.2, -0.15) is 8.42 Å². The lowest BCUT2D eigenvalue weighted by Crippen LogP contribution is -2.38. The van der Waals surface area contributed by atoms with E-state index in [1.54, 1.807) is 36.4 Å². The van der Waals surface area contributed by atoms with Gasteiger partial charge >= 0.3 is 5.97 Å². The van der Waals surface area contributed by atoms with Gasteiger partial charge in [-0.25, -0.2) is 0 Å². The van der Waals surface area contributed by atoms with E-state index in [2.05, 4.69) is 10.5 Å². The van der Waals surface area contributed by atoms with Crippen molar-refractivity contribution in [1.82, 2.24) is 5.16 Å². The molecule has 11 heteroatoms. The van der Waals surface area contributed by atoms with Crippen molar-refractivity contribution in [3.8, 4) is 11.3 Å². The molecule has 1 aliphatic carbocycles. The molecule has 1 saturated heterocycles. The standard InChI is InChI=1S/C26H21N3O7S/c30-24-17-8-1-2-9-18(17)25-22-21(24)19(27-15-6-3-7-16(11-15)37(33,34)35)12-20(23(22)28-36-25)29-10-4-5-14(13-29)26(31)32/h1-3,6-9,11-12,14,27H,4-5,10,13H2,(H,31,32)(H,33,34,35)/t14-/m0/s1. The van der Waals surface area contributed by atoms with Crippen molar-refractivity contribution < 1.29 is 32.2 Å². The molecule has 1 fully saturated rings. The first-order chi connectivity index (χ1) is 17.7. The lowest BCUT2D eigenvalue weighted by molar-refractivity contribution is -0.141. The van der Waals surface area contributed by atoms with Crippen LogP contribution in [0.5, 0.6) is 0 Å². The van der Waals surface area contributed by atoms with Crippen molar-refractivity contribution in [3.05, 3.63) is 65.7 Å². The van der Waals surface area contributed by atoms with E-state index in [4.69, 9.17) is 4.52 Å². The minimum atomic E-state index is -4.44. The molecule has 37 heavy (non-hydrogen) atoms. The third-order valence-electron chi connectivity index (χ3n) is 6.90. The highest BCUT2D eigenvalue weighted by Gasteiger charge is 2.35. The van der Waals surface area contributed by atoms with Crippen LogP contribution in [0.2, 0.25) is 0 Å². The molecule has 1 aromatic heterocycles. The van der Waals surface area contributed by atoms with Crippen LogP contribution in [0.4, 0.5) is 17.1 Å². The number of benzene rings is 3. The molecule has 0 spiro atoms. The first kappa shape index (κ1) is 23.2. The second-order valence-corrected chi connectivity index (χ2v) is 10.6. The summed E-state index contributed by atoms with van der Waals surface area (Å²) in [5, 5.41) is 17.6. The summed E-state index contributed by atoms with van der Waals surface area (Å²) in [4.78, 5) is 27.1. The third kappa shape index (κ3) is 3.83. The number of hydrogen-bond donors (Lipinski definition) is 3. The zero-order valence-corrected chi connectivity index (χ0v) is 20.2. The minimum absolute atomic E-state index is 0.252. The molecule has 3 aromatic carbocycles. The Morgan fingerprint density at radius 3 is 2.65 bits per heavy atom. The number of aliphatic carboxylic acids is 1. The van der Waals surface area contributed by atoms with Crippen LogP contribution >= 0.6 is 0 Å². The first-order valence-corrected chi connectivity index (χ1v) is 13.1. The van der Waals surface area contributed by atoms with Gasteiger partial charge in [0, 0.05) is 29.9 Å². The number of ketones is 1. The highest BCUT2D eigenvalue weighted by Crippen LogP contribution is 2.46. The van der Waals surface area contributed by atoms with Crippen molar-refractivity contribution in [2.75, 3.05) is 23.3 Å². The van der Waals surface area contributed by atoms with Crippen LogP contribution in [0, 0.1) is 5.92 Å². The summed E-state index contributed by atoms with van der Waals surface area (Å²) < 4.78 is 38.6. The highest BCUT2D eigenvalue weighted by atomic mass is 32.2. The van der Waals surface area contributed by atoms with Crippen LogP contribution in [0.25, 0.3) is 22.2 Å². The number of anilines is 3. The van der Waals surface area contributed by atoms with E-state index in [0.717, 1.165) is 0 Å². The molecule has 2 heterocycles. The van der Waals surface area contributed by atoms with E-state index in [1.165, 1.54) is 18.2 Å². The maximum atomic E-state index is 13.7. The summed E-state index contributed by atoms with van der Waals surface area (Å²) in [5.41, 5.74) is 3.16. The molecule has 2 aliphatic rings. The quantitative estimate of drug-likeness (QED) is 0.286. The van der Waals surface area contributed by atoms with Crippen LogP contribution in [0.1, 0.15) is 28.8 Å². The Balaban J connectivity index is 1.57. The zero-order valence-electron chi connectivity index (χ0n) is 19.3. The number of carbonyl (C=O) groups excluding carboxylic acids is 1. The molecule has 10 nitrogen and oxygen atoms in total. The van der Waals surface area contributed by atoms with Crippen molar-refractivity contribution in [1.29, 1.82) is 0 Å². The van der Waals surface area contributed by atoms with Gasteiger partial charge in [0.15, 0.2) is 11.5 Å². The van der Waals surface area contributed by atoms with Crippen LogP contribution in [-0.2, 0) is 14.9 Å². The Morgan fingerprint density at radius 1 is 1.11 bits per heavy atom. The average molecular weight is 520 g/mol. The number of carboxylic acid groups (broad SMARTS) is 1. The number of nitrogens with one attached hydrogen (secondary N) is 1. The molecular formula is C26H21N3O7S. The van der Waals surface area contributed by atoms with Crippen molar-refractivity contribution >= 4 is 49.8 Å². The van der Waals surface area contributed by atoms with E-state index in [9.17, 15) is 27.7 Å². The normalized spacial score (nSPS) is 17.1. The van der Waals surface area contributed by atoms with Crippen molar-refractivity contribution in [3.63, 3.8) is 0 Å². The minimum Gasteiger partial charge on any atom is -0.481 e. The number of hydrogen-bond acceptors (Lipinski definition) is 8. The number of piperidine rings is 1. The van der Waals surface area contributed by atoms with Gasteiger partial charge in [0.2, 0.25) is 0 Å². The van der Waals surface area contributed by atoms with E-state index < -0.39 is 22.0 Å². The van der Waals surface area contributed by atoms with E-state index in [1.807, 2.05) is 4.90 Å². The maximum Gasteiger partial charge on any atom is 0.308 e. The number of fused-ring (bicyclic) bond motifs is 2. The van der Waals surface area contributed by atoms with Crippen LogP contribution in [0.3, 0.4) is 0 Å². The fourth-order valence-corrected chi connectivity index (χ4v) is 5.70. The van der Waals surface area contributed by atoms with Crippen molar-refractivity contribution in [2.24, 2.45) is 5.92 Å². The maximum absolute atomic E-state index is 13.7. The van der Waals surface area contributed by atoms with Gasteiger partial charge in [0.25, 0.3) is 10.1 Å². The predicted octanol–water partition coefficient (Wildman–Crippen LogP) is 4.33. The largest absolute Gasteiger partial charge is 0.481 e. The van der Waals surface area contributed by atoms with E-state index in [-0.39, 0.29) is 17.2 Å². The fourth-order valence-electron chi connectivity index (χ4n) is 5.17. The van der Waals surface area contributed by atoms with Crippen LogP contribution in [-0.4, -0.2) is 48.1 Å². The lowest BCUT2D eigenvalue weighted by Gasteiger charge is -2.33. The highest BCUT2D eigenvalue weighted by molar-refractivity contribution is 7.85. The van der Waals surface area contributed by atoms with Gasteiger partial charge in [-0.1, -0.05) is 35.5 Å². The first-order valence-electron chi connectivity index (χ1n) is 11.6. The summed E-state index contributed by atoms with van der Waals surface area (Å²) in [5.74, 6) is -1.24. The van der Waals surface area contributed by atoms with E-state index in [0.29, 0.717) is 69.8 Å². The van der Waals surface area contributed by atoms with Crippen molar-refractivity contribution in [2.45, 2.75) is 17.7 Å². The molecule has 1 atom stereocenters. The summed E-state index contributed by atoms with van der Waals surface area (Å²) in [7, 11) is -4.44. The Kier molecular flexibility index (Phi) is 5.28. The van der Waals surface area contributed by atoms with Gasteiger partial charge in [0.05, 0.1) is 33.1 Å².